The van der Waals surface area contributed by atoms with Crippen LogP contribution in [0.15, 0.2) is 18.2 Å². The Morgan fingerprint density at radius 2 is 1.86 bits per heavy atom. The van der Waals surface area contributed by atoms with Crippen molar-refractivity contribution in [3.05, 3.63) is 23.9 Å². The van der Waals surface area contributed by atoms with Gasteiger partial charge in [-0.05, 0) is 25.0 Å². The SMILES string of the molecule is CCC(CC)c1cccc(N(C)C)n1. The lowest BCUT2D eigenvalue weighted by Crippen LogP contribution is -2.12. The molecule has 0 unspecified atom stereocenters. The summed E-state index contributed by atoms with van der Waals surface area (Å²) in [6.45, 7) is 4.44. The van der Waals surface area contributed by atoms with Crippen molar-refractivity contribution in [2.24, 2.45) is 0 Å². The van der Waals surface area contributed by atoms with Gasteiger partial charge in [0.15, 0.2) is 0 Å². The van der Waals surface area contributed by atoms with Gasteiger partial charge < -0.3 is 4.90 Å². The molecule has 1 aromatic rings. The van der Waals surface area contributed by atoms with E-state index in [0.717, 1.165) is 5.82 Å². The highest BCUT2D eigenvalue weighted by molar-refractivity contribution is 5.37. The molecule has 2 nitrogen and oxygen atoms in total. The Bertz CT molecular complexity index is 277. The van der Waals surface area contributed by atoms with E-state index in [-0.39, 0.29) is 0 Å². The predicted molar refractivity (Wildman–Crippen MR) is 61.9 cm³/mol. The first-order valence-electron chi connectivity index (χ1n) is 5.33. The smallest absolute Gasteiger partial charge is 0.128 e. The van der Waals surface area contributed by atoms with Gasteiger partial charge in [-0.25, -0.2) is 4.98 Å². The molecule has 0 amide bonds. The topological polar surface area (TPSA) is 16.1 Å². The van der Waals surface area contributed by atoms with Gasteiger partial charge in [0.2, 0.25) is 0 Å². The molecule has 0 aliphatic heterocycles. The fourth-order valence-corrected chi connectivity index (χ4v) is 1.62. The van der Waals surface area contributed by atoms with E-state index in [1.54, 1.807) is 0 Å². The van der Waals surface area contributed by atoms with Gasteiger partial charge in [-0.3, -0.25) is 0 Å². The molecule has 1 rings (SSSR count). The normalized spacial score (nSPS) is 10.6. The molecule has 0 saturated carbocycles. The lowest BCUT2D eigenvalue weighted by molar-refractivity contribution is 0.623. The first-order chi connectivity index (χ1) is 6.69. The van der Waals surface area contributed by atoms with Gasteiger partial charge in [-0.1, -0.05) is 19.9 Å². The molecule has 0 radical (unpaired) electrons. The van der Waals surface area contributed by atoms with Crippen molar-refractivity contribution in [3.63, 3.8) is 0 Å². The summed E-state index contributed by atoms with van der Waals surface area (Å²) in [4.78, 5) is 6.69. The molecule has 1 aromatic heterocycles. The van der Waals surface area contributed by atoms with E-state index in [9.17, 15) is 0 Å². The molecule has 14 heavy (non-hydrogen) atoms. The summed E-state index contributed by atoms with van der Waals surface area (Å²) in [6, 6.07) is 6.27. The average Bonchev–Trinajstić information content (AvgIpc) is 2.20. The third-order valence-electron chi connectivity index (χ3n) is 2.62. The second-order valence-electron chi connectivity index (χ2n) is 3.83. The van der Waals surface area contributed by atoms with E-state index in [1.807, 2.05) is 25.1 Å². The van der Waals surface area contributed by atoms with Gasteiger partial charge in [0.1, 0.15) is 5.82 Å². The van der Waals surface area contributed by atoms with Crippen LogP contribution in [0.4, 0.5) is 5.82 Å². The fourth-order valence-electron chi connectivity index (χ4n) is 1.62. The van der Waals surface area contributed by atoms with Crippen molar-refractivity contribution in [3.8, 4) is 0 Å². The number of hydrogen-bond acceptors (Lipinski definition) is 2. The van der Waals surface area contributed by atoms with Crippen molar-refractivity contribution in [2.75, 3.05) is 19.0 Å². The lowest BCUT2D eigenvalue weighted by Gasteiger charge is -2.16. The summed E-state index contributed by atoms with van der Waals surface area (Å²) < 4.78 is 0. The summed E-state index contributed by atoms with van der Waals surface area (Å²) in [5, 5.41) is 0. The molecule has 0 fully saturated rings. The van der Waals surface area contributed by atoms with Crippen LogP contribution in [0.25, 0.3) is 0 Å². The number of hydrogen-bond donors (Lipinski definition) is 0. The van der Waals surface area contributed by atoms with Crippen LogP contribution in [0.2, 0.25) is 0 Å². The number of aromatic nitrogens is 1. The van der Waals surface area contributed by atoms with E-state index in [4.69, 9.17) is 0 Å². The van der Waals surface area contributed by atoms with Crippen molar-refractivity contribution in [1.82, 2.24) is 4.98 Å². The number of nitrogens with zero attached hydrogens (tertiary/aromatic N) is 2. The molecular weight excluding hydrogens is 172 g/mol. The van der Waals surface area contributed by atoms with Gasteiger partial charge in [-0.15, -0.1) is 0 Å². The second kappa shape index (κ2) is 4.99. The molecule has 0 aromatic carbocycles. The van der Waals surface area contributed by atoms with Crippen LogP contribution >= 0.6 is 0 Å². The zero-order valence-corrected chi connectivity index (χ0v) is 9.62. The van der Waals surface area contributed by atoms with Crippen molar-refractivity contribution >= 4 is 5.82 Å². The van der Waals surface area contributed by atoms with Crippen LogP contribution in [-0.4, -0.2) is 19.1 Å². The maximum absolute atomic E-state index is 4.64. The molecule has 2 heteroatoms. The highest BCUT2D eigenvalue weighted by Gasteiger charge is 2.08. The first kappa shape index (κ1) is 11.0. The zero-order chi connectivity index (χ0) is 10.6. The third-order valence-corrected chi connectivity index (χ3v) is 2.62. The molecule has 0 aliphatic carbocycles. The molecule has 78 valence electrons. The standard InChI is InChI=1S/C12H20N2/c1-5-10(6-2)11-8-7-9-12(13-11)14(3)4/h7-10H,5-6H2,1-4H3. The van der Waals surface area contributed by atoms with Crippen LogP contribution in [0.5, 0.6) is 0 Å². The maximum atomic E-state index is 4.64. The minimum Gasteiger partial charge on any atom is -0.363 e. The lowest BCUT2D eigenvalue weighted by atomic mass is 9.99. The van der Waals surface area contributed by atoms with Gasteiger partial charge >= 0.3 is 0 Å². The van der Waals surface area contributed by atoms with E-state index >= 15 is 0 Å². The Kier molecular flexibility index (Phi) is 3.93. The summed E-state index contributed by atoms with van der Waals surface area (Å²) in [7, 11) is 4.05. The van der Waals surface area contributed by atoms with Gasteiger partial charge in [0.25, 0.3) is 0 Å². The fraction of sp³-hybridized carbons (Fsp3) is 0.583. The quantitative estimate of drug-likeness (QED) is 0.729. The minimum atomic E-state index is 0.606. The highest BCUT2D eigenvalue weighted by atomic mass is 15.1. The molecule has 0 atom stereocenters. The number of rotatable bonds is 4. The van der Waals surface area contributed by atoms with E-state index in [1.165, 1.54) is 18.5 Å². The summed E-state index contributed by atoms with van der Waals surface area (Å²) in [5.74, 6) is 1.66. The molecule has 0 spiro atoms. The van der Waals surface area contributed by atoms with Crippen LogP contribution in [0, 0.1) is 0 Å². The van der Waals surface area contributed by atoms with E-state index in [0.29, 0.717) is 5.92 Å². The Morgan fingerprint density at radius 1 is 1.21 bits per heavy atom. The van der Waals surface area contributed by atoms with Gasteiger partial charge in [-0.2, -0.15) is 0 Å². The van der Waals surface area contributed by atoms with Crippen LogP contribution < -0.4 is 4.90 Å². The summed E-state index contributed by atoms with van der Waals surface area (Å²) in [6.07, 6.45) is 2.33. The van der Waals surface area contributed by atoms with Crippen molar-refractivity contribution in [1.29, 1.82) is 0 Å². The Hall–Kier alpha value is -1.05. The number of pyridine rings is 1. The Labute approximate surface area is 87.0 Å². The van der Waals surface area contributed by atoms with Crippen LogP contribution in [0.3, 0.4) is 0 Å². The predicted octanol–water partition coefficient (Wildman–Crippen LogP) is 3.05. The molecule has 0 N–H and O–H groups in total. The monoisotopic (exact) mass is 192 g/mol. The van der Waals surface area contributed by atoms with Crippen molar-refractivity contribution < 1.29 is 0 Å². The average molecular weight is 192 g/mol. The first-order valence-corrected chi connectivity index (χ1v) is 5.33. The second-order valence-corrected chi connectivity index (χ2v) is 3.83. The molecule has 0 saturated heterocycles. The van der Waals surface area contributed by atoms with Gasteiger partial charge in [0, 0.05) is 25.7 Å². The third kappa shape index (κ3) is 2.47. The Balaban J connectivity index is 2.92. The van der Waals surface area contributed by atoms with Gasteiger partial charge in [0.05, 0.1) is 0 Å². The van der Waals surface area contributed by atoms with E-state index < -0.39 is 0 Å². The molecule has 0 bridgehead atoms. The molecule has 1 heterocycles. The Morgan fingerprint density at radius 3 is 2.36 bits per heavy atom. The number of anilines is 1. The van der Waals surface area contributed by atoms with E-state index in [2.05, 4.69) is 31.0 Å². The zero-order valence-electron chi connectivity index (χ0n) is 9.62. The molecular formula is C12H20N2. The maximum Gasteiger partial charge on any atom is 0.128 e. The summed E-state index contributed by atoms with van der Waals surface area (Å²) in [5.41, 5.74) is 1.22. The largest absolute Gasteiger partial charge is 0.363 e. The molecule has 0 aliphatic rings. The highest BCUT2D eigenvalue weighted by Crippen LogP contribution is 2.22. The van der Waals surface area contributed by atoms with Crippen LogP contribution in [-0.2, 0) is 0 Å². The van der Waals surface area contributed by atoms with Crippen molar-refractivity contribution in [2.45, 2.75) is 32.6 Å². The van der Waals surface area contributed by atoms with Crippen LogP contribution in [0.1, 0.15) is 38.3 Å². The minimum absolute atomic E-state index is 0.606. The summed E-state index contributed by atoms with van der Waals surface area (Å²) >= 11 is 0.